The molecule has 3 heteroatoms. The van der Waals surface area contributed by atoms with Crippen LogP contribution in [0.1, 0.15) is 18.2 Å². The second kappa shape index (κ2) is 3.90. The van der Waals surface area contributed by atoms with E-state index in [0.29, 0.717) is 0 Å². The maximum Gasteiger partial charge on any atom is 0.0665 e. The van der Waals surface area contributed by atoms with Gasteiger partial charge in [0.1, 0.15) is 0 Å². The molecule has 0 N–H and O–H groups in total. The van der Waals surface area contributed by atoms with E-state index < -0.39 is 0 Å². The highest BCUT2D eigenvalue weighted by molar-refractivity contribution is 9.09. The van der Waals surface area contributed by atoms with Crippen molar-refractivity contribution < 1.29 is 0 Å². The quantitative estimate of drug-likeness (QED) is 0.712. The Kier molecular flexibility index (Phi) is 3.09. The highest BCUT2D eigenvalue weighted by Crippen LogP contribution is 2.11. The van der Waals surface area contributed by atoms with Gasteiger partial charge in [0.25, 0.3) is 0 Å². The van der Waals surface area contributed by atoms with Crippen molar-refractivity contribution in [2.24, 2.45) is 7.05 Å². The molecular formula is C9H13BrN2. The Morgan fingerprint density at radius 1 is 1.75 bits per heavy atom. The second-order valence-corrected chi connectivity index (χ2v) is 3.53. The Labute approximate surface area is 81.4 Å². The zero-order valence-corrected chi connectivity index (χ0v) is 9.22. The van der Waals surface area contributed by atoms with Gasteiger partial charge in [-0.05, 0) is 13.8 Å². The fraction of sp³-hybridized carbons (Fsp3) is 0.444. The summed E-state index contributed by atoms with van der Waals surface area (Å²) >= 11 is 3.41. The van der Waals surface area contributed by atoms with Gasteiger partial charge in [-0.15, -0.1) is 0 Å². The number of halogens is 1. The zero-order chi connectivity index (χ0) is 9.14. The van der Waals surface area contributed by atoms with Gasteiger partial charge in [-0.3, -0.25) is 4.68 Å². The van der Waals surface area contributed by atoms with E-state index in [-0.39, 0.29) is 0 Å². The number of aryl methyl sites for hydroxylation is 2. The number of alkyl halides is 1. The maximum absolute atomic E-state index is 4.26. The molecule has 0 saturated heterocycles. The summed E-state index contributed by atoms with van der Waals surface area (Å²) in [6.07, 6.45) is 4.18. The third-order valence-electron chi connectivity index (χ3n) is 1.66. The number of nitrogens with zero attached hydrogens (tertiary/aromatic N) is 2. The lowest BCUT2D eigenvalue weighted by atomic mass is 10.2. The normalized spacial score (nSPS) is 12.2. The van der Waals surface area contributed by atoms with Crippen LogP contribution in [-0.4, -0.2) is 15.1 Å². The first-order valence-electron chi connectivity index (χ1n) is 3.87. The van der Waals surface area contributed by atoms with Crippen molar-refractivity contribution in [1.29, 1.82) is 0 Å². The van der Waals surface area contributed by atoms with Gasteiger partial charge in [0.15, 0.2) is 0 Å². The summed E-state index contributed by atoms with van der Waals surface area (Å²) in [4.78, 5) is 0. The SMILES string of the molecule is CC(=Cc1cn(C)nc1C)CBr. The molecule has 0 radical (unpaired) electrons. The standard InChI is InChI=1S/C9H13BrN2/c1-7(5-10)4-9-6-12(3)11-8(9)2/h4,6H,5H2,1-3H3. The number of allylic oxidation sites excluding steroid dienone is 1. The van der Waals surface area contributed by atoms with Gasteiger partial charge in [0.05, 0.1) is 5.69 Å². The van der Waals surface area contributed by atoms with Crippen LogP contribution in [0.3, 0.4) is 0 Å². The van der Waals surface area contributed by atoms with Gasteiger partial charge in [-0.1, -0.05) is 27.6 Å². The van der Waals surface area contributed by atoms with Crippen LogP contribution in [0.15, 0.2) is 11.8 Å². The summed E-state index contributed by atoms with van der Waals surface area (Å²) in [6.45, 7) is 4.12. The monoisotopic (exact) mass is 228 g/mol. The van der Waals surface area contributed by atoms with Crippen molar-refractivity contribution in [2.45, 2.75) is 13.8 Å². The summed E-state index contributed by atoms with van der Waals surface area (Å²) in [6, 6.07) is 0. The van der Waals surface area contributed by atoms with E-state index in [1.54, 1.807) is 0 Å². The van der Waals surface area contributed by atoms with Gasteiger partial charge in [0.2, 0.25) is 0 Å². The topological polar surface area (TPSA) is 17.8 Å². The van der Waals surface area contributed by atoms with Gasteiger partial charge >= 0.3 is 0 Å². The second-order valence-electron chi connectivity index (χ2n) is 2.97. The average molecular weight is 229 g/mol. The Balaban J connectivity index is 2.95. The van der Waals surface area contributed by atoms with Crippen LogP contribution >= 0.6 is 15.9 Å². The highest BCUT2D eigenvalue weighted by Gasteiger charge is 1.98. The van der Waals surface area contributed by atoms with Gasteiger partial charge in [0, 0.05) is 24.1 Å². The van der Waals surface area contributed by atoms with Crippen molar-refractivity contribution >= 4 is 22.0 Å². The first-order valence-corrected chi connectivity index (χ1v) is 4.99. The first-order chi connectivity index (χ1) is 5.63. The number of hydrogen-bond donors (Lipinski definition) is 0. The molecule has 1 rings (SSSR count). The lowest BCUT2D eigenvalue weighted by Gasteiger charge is -1.92. The highest BCUT2D eigenvalue weighted by atomic mass is 79.9. The molecule has 0 aromatic carbocycles. The van der Waals surface area contributed by atoms with Crippen LogP contribution in [-0.2, 0) is 7.05 Å². The zero-order valence-electron chi connectivity index (χ0n) is 7.63. The van der Waals surface area contributed by atoms with E-state index in [1.807, 2.05) is 24.9 Å². The minimum atomic E-state index is 0.918. The molecule has 1 aromatic heterocycles. The molecule has 1 heterocycles. The van der Waals surface area contributed by atoms with E-state index in [2.05, 4.69) is 34.0 Å². The molecule has 2 nitrogen and oxygen atoms in total. The molecule has 0 aliphatic rings. The van der Waals surface area contributed by atoms with Crippen LogP contribution in [0.5, 0.6) is 0 Å². The van der Waals surface area contributed by atoms with Gasteiger partial charge in [-0.2, -0.15) is 5.10 Å². The summed E-state index contributed by atoms with van der Waals surface area (Å²) < 4.78 is 1.84. The molecular weight excluding hydrogens is 216 g/mol. The molecule has 0 atom stereocenters. The molecule has 0 amide bonds. The van der Waals surface area contributed by atoms with Crippen molar-refractivity contribution in [3.63, 3.8) is 0 Å². The van der Waals surface area contributed by atoms with Crippen LogP contribution in [0.4, 0.5) is 0 Å². The number of aromatic nitrogens is 2. The third kappa shape index (κ3) is 2.21. The van der Waals surface area contributed by atoms with Crippen LogP contribution < -0.4 is 0 Å². The molecule has 0 aliphatic heterocycles. The molecule has 1 aromatic rings. The van der Waals surface area contributed by atoms with Crippen molar-refractivity contribution in [2.75, 3.05) is 5.33 Å². The van der Waals surface area contributed by atoms with Crippen LogP contribution in [0.2, 0.25) is 0 Å². The summed E-state index contributed by atoms with van der Waals surface area (Å²) in [7, 11) is 1.94. The van der Waals surface area contributed by atoms with Crippen molar-refractivity contribution in [3.8, 4) is 0 Å². The van der Waals surface area contributed by atoms with Crippen molar-refractivity contribution in [3.05, 3.63) is 23.0 Å². The van der Waals surface area contributed by atoms with Crippen molar-refractivity contribution in [1.82, 2.24) is 9.78 Å². The average Bonchev–Trinajstić information content (AvgIpc) is 2.30. The van der Waals surface area contributed by atoms with Crippen LogP contribution in [0.25, 0.3) is 6.08 Å². The Morgan fingerprint density at radius 3 is 2.83 bits per heavy atom. The van der Waals surface area contributed by atoms with Crippen LogP contribution in [0, 0.1) is 6.92 Å². The fourth-order valence-corrected chi connectivity index (χ4v) is 1.23. The molecule has 0 fully saturated rings. The molecule has 0 bridgehead atoms. The minimum Gasteiger partial charge on any atom is -0.275 e. The number of rotatable bonds is 2. The Morgan fingerprint density at radius 2 is 2.42 bits per heavy atom. The van der Waals surface area contributed by atoms with E-state index in [1.165, 1.54) is 11.1 Å². The third-order valence-corrected chi connectivity index (χ3v) is 2.55. The lowest BCUT2D eigenvalue weighted by molar-refractivity contribution is 0.756. The fourth-order valence-electron chi connectivity index (χ4n) is 1.06. The first kappa shape index (κ1) is 9.52. The van der Waals surface area contributed by atoms with E-state index in [9.17, 15) is 0 Å². The molecule has 66 valence electrons. The van der Waals surface area contributed by atoms with Gasteiger partial charge < -0.3 is 0 Å². The molecule has 0 aliphatic carbocycles. The summed E-state index contributed by atoms with van der Waals surface area (Å²) in [5.41, 5.74) is 3.60. The Bertz CT molecular complexity index is 299. The van der Waals surface area contributed by atoms with E-state index in [4.69, 9.17) is 0 Å². The molecule has 12 heavy (non-hydrogen) atoms. The largest absolute Gasteiger partial charge is 0.275 e. The molecule has 0 unspecified atom stereocenters. The smallest absolute Gasteiger partial charge is 0.0665 e. The maximum atomic E-state index is 4.26. The van der Waals surface area contributed by atoms with E-state index in [0.717, 1.165) is 11.0 Å². The minimum absolute atomic E-state index is 0.918. The molecule has 0 spiro atoms. The summed E-state index contributed by atoms with van der Waals surface area (Å²) in [5.74, 6) is 0. The van der Waals surface area contributed by atoms with Gasteiger partial charge in [-0.25, -0.2) is 0 Å². The number of hydrogen-bond acceptors (Lipinski definition) is 1. The predicted octanol–water partition coefficient (Wildman–Crippen LogP) is 2.53. The Hall–Kier alpha value is -0.570. The predicted molar refractivity (Wildman–Crippen MR) is 55.4 cm³/mol. The lowest BCUT2D eigenvalue weighted by Crippen LogP contribution is -1.86. The summed E-state index contributed by atoms with van der Waals surface area (Å²) in [5, 5.41) is 5.17. The van der Waals surface area contributed by atoms with E-state index >= 15 is 0 Å². The molecule has 0 saturated carbocycles.